The number of ether oxygens (including phenoxy) is 2. The van der Waals surface area contributed by atoms with Gasteiger partial charge in [-0.15, -0.1) is 0 Å². The van der Waals surface area contributed by atoms with Gasteiger partial charge in [0.25, 0.3) is 0 Å². The van der Waals surface area contributed by atoms with Crippen LogP contribution in [0.2, 0.25) is 0 Å². The Bertz CT molecular complexity index is 508. The predicted octanol–water partition coefficient (Wildman–Crippen LogP) is 2.44. The first-order valence-corrected chi connectivity index (χ1v) is 6.52. The van der Waals surface area contributed by atoms with Crippen LogP contribution in [0, 0.1) is 0 Å². The Hall–Kier alpha value is -1.72. The van der Waals surface area contributed by atoms with Crippen molar-refractivity contribution in [1.82, 2.24) is 9.97 Å². The van der Waals surface area contributed by atoms with Gasteiger partial charge in [0, 0.05) is 18.6 Å². The molecule has 1 aromatic carbocycles. The summed E-state index contributed by atoms with van der Waals surface area (Å²) in [7, 11) is 0. The fourth-order valence-electron chi connectivity index (χ4n) is 1.86. The molecular formula is C14H19N3O2. The second-order valence-electron chi connectivity index (χ2n) is 3.96. The summed E-state index contributed by atoms with van der Waals surface area (Å²) in [6.07, 6.45) is 1.30. The molecule has 0 saturated carbocycles. The quantitative estimate of drug-likeness (QED) is 0.776. The molecule has 1 N–H and O–H groups in total. The molecule has 2 rings (SSSR count). The van der Waals surface area contributed by atoms with E-state index in [0.29, 0.717) is 19.8 Å². The van der Waals surface area contributed by atoms with Gasteiger partial charge in [0.05, 0.1) is 12.1 Å². The highest BCUT2D eigenvalue weighted by Gasteiger charge is 2.09. The molecule has 5 nitrogen and oxygen atoms in total. The van der Waals surface area contributed by atoms with Gasteiger partial charge in [0.15, 0.2) is 6.29 Å². The van der Waals surface area contributed by atoms with Crippen LogP contribution in [0.15, 0.2) is 30.6 Å². The molecule has 0 atom stereocenters. The Morgan fingerprint density at radius 3 is 2.58 bits per heavy atom. The largest absolute Gasteiger partial charge is 0.364 e. The number of fused-ring (bicyclic) bond motifs is 1. The van der Waals surface area contributed by atoms with E-state index in [0.717, 1.165) is 16.7 Å². The Labute approximate surface area is 113 Å². The van der Waals surface area contributed by atoms with Gasteiger partial charge in [-0.1, -0.05) is 12.1 Å². The molecule has 2 aromatic rings. The average molecular weight is 261 g/mol. The van der Waals surface area contributed by atoms with Crippen LogP contribution in [0.3, 0.4) is 0 Å². The normalized spacial score (nSPS) is 11.1. The fraction of sp³-hybridized carbons (Fsp3) is 0.429. The lowest BCUT2D eigenvalue weighted by Gasteiger charge is -2.18. The average Bonchev–Trinajstić information content (AvgIpc) is 2.45. The minimum atomic E-state index is -0.260. The maximum Gasteiger partial charge on any atom is 0.174 e. The highest BCUT2D eigenvalue weighted by Crippen LogP contribution is 2.18. The first-order chi connectivity index (χ1) is 9.35. The summed E-state index contributed by atoms with van der Waals surface area (Å²) in [5.41, 5.74) is 0.921. The zero-order valence-electron chi connectivity index (χ0n) is 11.3. The molecule has 102 valence electrons. The molecule has 0 spiro atoms. The predicted molar refractivity (Wildman–Crippen MR) is 75.1 cm³/mol. The van der Waals surface area contributed by atoms with E-state index in [1.165, 1.54) is 0 Å². The van der Waals surface area contributed by atoms with Crippen LogP contribution in [0.1, 0.15) is 13.8 Å². The molecule has 5 heteroatoms. The summed E-state index contributed by atoms with van der Waals surface area (Å²) in [5, 5.41) is 4.25. The zero-order chi connectivity index (χ0) is 13.5. The third-order valence-electron chi connectivity index (χ3n) is 2.68. The smallest absolute Gasteiger partial charge is 0.174 e. The highest BCUT2D eigenvalue weighted by atomic mass is 16.7. The zero-order valence-corrected chi connectivity index (χ0v) is 11.3. The second-order valence-corrected chi connectivity index (χ2v) is 3.96. The molecular weight excluding hydrogens is 242 g/mol. The standard InChI is InChI=1S/C14H19N3O2/c1-3-18-13(19-4-2)9-15-14-11-7-5-6-8-12(11)16-10-17-14/h5-8,10,13H,3-4,9H2,1-2H3,(H,15,16,17). The summed E-state index contributed by atoms with van der Waals surface area (Å²) in [6, 6.07) is 7.89. The lowest BCUT2D eigenvalue weighted by atomic mass is 10.2. The summed E-state index contributed by atoms with van der Waals surface area (Å²) in [4.78, 5) is 8.49. The first kappa shape index (κ1) is 13.7. The molecule has 0 aliphatic heterocycles. The van der Waals surface area contributed by atoms with E-state index < -0.39 is 0 Å². The topological polar surface area (TPSA) is 56.3 Å². The molecule has 0 fully saturated rings. The number of nitrogens with zero attached hydrogens (tertiary/aromatic N) is 2. The maximum atomic E-state index is 5.49. The number of benzene rings is 1. The Kier molecular flexibility index (Phi) is 5.06. The van der Waals surface area contributed by atoms with Crippen LogP contribution < -0.4 is 5.32 Å². The van der Waals surface area contributed by atoms with Crippen LogP contribution in [0.25, 0.3) is 10.9 Å². The Morgan fingerprint density at radius 2 is 1.84 bits per heavy atom. The van der Waals surface area contributed by atoms with Crippen LogP contribution in [-0.4, -0.2) is 36.0 Å². The minimum absolute atomic E-state index is 0.260. The number of rotatable bonds is 7. The molecule has 0 bridgehead atoms. The van der Waals surface area contributed by atoms with E-state index in [1.54, 1.807) is 6.33 Å². The van der Waals surface area contributed by atoms with Gasteiger partial charge in [-0.2, -0.15) is 0 Å². The SMILES string of the molecule is CCOC(CNc1ncnc2ccccc12)OCC. The third kappa shape index (κ3) is 3.62. The fourth-order valence-corrected chi connectivity index (χ4v) is 1.86. The van der Waals surface area contributed by atoms with Crippen molar-refractivity contribution in [2.24, 2.45) is 0 Å². The van der Waals surface area contributed by atoms with E-state index in [4.69, 9.17) is 9.47 Å². The van der Waals surface area contributed by atoms with E-state index in [-0.39, 0.29) is 6.29 Å². The van der Waals surface area contributed by atoms with Gasteiger partial charge in [0.2, 0.25) is 0 Å². The van der Waals surface area contributed by atoms with Crippen LogP contribution >= 0.6 is 0 Å². The van der Waals surface area contributed by atoms with E-state index in [9.17, 15) is 0 Å². The van der Waals surface area contributed by atoms with Crippen LogP contribution in [0.5, 0.6) is 0 Å². The summed E-state index contributed by atoms with van der Waals surface area (Å²) < 4.78 is 11.0. The summed E-state index contributed by atoms with van der Waals surface area (Å²) >= 11 is 0. The first-order valence-electron chi connectivity index (χ1n) is 6.52. The molecule has 1 aromatic heterocycles. The van der Waals surface area contributed by atoms with Crippen molar-refractivity contribution in [3.8, 4) is 0 Å². The molecule has 0 unspecified atom stereocenters. The third-order valence-corrected chi connectivity index (χ3v) is 2.68. The van der Waals surface area contributed by atoms with Crippen molar-refractivity contribution < 1.29 is 9.47 Å². The number of hydrogen-bond donors (Lipinski definition) is 1. The summed E-state index contributed by atoms with van der Waals surface area (Å²) in [5.74, 6) is 0.801. The van der Waals surface area contributed by atoms with Gasteiger partial charge < -0.3 is 14.8 Å². The van der Waals surface area contributed by atoms with Gasteiger partial charge in [-0.25, -0.2) is 9.97 Å². The Morgan fingerprint density at radius 1 is 1.11 bits per heavy atom. The molecule has 19 heavy (non-hydrogen) atoms. The number of anilines is 1. The number of nitrogens with one attached hydrogen (secondary N) is 1. The lowest BCUT2D eigenvalue weighted by molar-refractivity contribution is -0.126. The van der Waals surface area contributed by atoms with E-state index >= 15 is 0 Å². The van der Waals surface area contributed by atoms with Crippen molar-refractivity contribution in [1.29, 1.82) is 0 Å². The molecule has 0 radical (unpaired) electrons. The monoisotopic (exact) mass is 261 g/mol. The number of hydrogen-bond acceptors (Lipinski definition) is 5. The Balaban J connectivity index is 2.08. The highest BCUT2D eigenvalue weighted by molar-refractivity contribution is 5.88. The second kappa shape index (κ2) is 7.01. The number of aromatic nitrogens is 2. The van der Waals surface area contributed by atoms with E-state index in [1.807, 2.05) is 38.1 Å². The van der Waals surface area contributed by atoms with Crippen molar-refractivity contribution in [3.05, 3.63) is 30.6 Å². The van der Waals surface area contributed by atoms with E-state index in [2.05, 4.69) is 15.3 Å². The number of para-hydroxylation sites is 1. The van der Waals surface area contributed by atoms with Gasteiger partial charge in [0.1, 0.15) is 12.1 Å². The molecule has 0 aliphatic rings. The molecule has 1 heterocycles. The van der Waals surface area contributed by atoms with Gasteiger partial charge in [-0.05, 0) is 26.0 Å². The maximum absolute atomic E-state index is 5.49. The van der Waals surface area contributed by atoms with Crippen molar-refractivity contribution in [2.45, 2.75) is 20.1 Å². The van der Waals surface area contributed by atoms with Crippen molar-refractivity contribution >= 4 is 16.7 Å². The molecule has 0 saturated heterocycles. The molecule has 0 aliphatic carbocycles. The van der Waals surface area contributed by atoms with Crippen molar-refractivity contribution in [3.63, 3.8) is 0 Å². The van der Waals surface area contributed by atoms with Crippen LogP contribution in [0.4, 0.5) is 5.82 Å². The van der Waals surface area contributed by atoms with Crippen molar-refractivity contribution in [2.75, 3.05) is 25.1 Å². The minimum Gasteiger partial charge on any atom is -0.364 e. The van der Waals surface area contributed by atoms with Gasteiger partial charge in [-0.3, -0.25) is 0 Å². The lowest BCUT2D eigenvalue weighted by Crippen LogP contribution is -2.26. The molecule has 0 amide bonds. The summed E-state index contributed by atoms with van der Waals surface area (Å²) in [6.45, 7) is 5.70. The van der Waals surface area contributed by atoms with Gasteiger partial charge >= 0.3 is 0 Å². The van der Waals surface area contributed by atoms with Crippen LogP contribution in [-0.2, 0) is 9.47 Å².